The van der Waals surface area contributed by atoms with Gasteiger partial charge in [-0.3, -0.25) is 0 Å². The van der Waals surface area contributed by atoms with Crippen molar-refractivity contribution in [1.29, 1.82) is 0 Å². The molecule has 0 saturated carbocycles. The predicted octanol–water partition coefficient (Wildman–Crippen LogP) is 0.00960. The summed E-state index contributed by atoms with van der Waals surface area (Å²) in [7, 11) is 1.68. The number of carbonyl (C=O) groups excluding carboxylic acids is 1. The van der Waals surface area contributed by atoms with Gasteiger partial charge in [0.15, 0.2) is 0 Å². The zero-order valence-electron chi connectivity index (χ0n) is 7.76. The van der Waals surface area contributed by atoms with E-state index in [0.29, 0.717) is 6.04 Å². The molecule has 0 unspecified atom stereocenters. The topological polar surface area (TPSA) is 44.4 Å². The van der Waals surface area contributed by atoms with Crippen molar-refractivity contribution in [2.45, 2.75) is 19.4 Å². The Kier molecular flexibility index (Phi) is 3.34. The van der Waals surface area contributed by atoms with Crippen LogP contribution in [0.5, 0.6) is 0 Å². The van der Waals surface area contributed by atoms with Crippen molar-refractivity contribution in [2.24, 2.45) is 0 Å². The summed E-state index contributed by atoms with van der Waals surface area (Å²) in [6, 6.07) is 0.452. The largest absolute Gasteiger partial charge is 0.341 e. The van der Waals surface area contributed by atoms with Crippen LogP contribution in [0.15, 0.2) is 0 Å². The lowest BCUT2D eigenvalue weighted by Gasteiger charge is -2.37. The van der Waals surface area contributed by atoms with Gasteiger partial charge in [0.05, 0.1) is 6.04 Å². The lowest BCUT2D eigenvalue weighted by atomic mass is 10.1. The Bertz CT molecular complexity index is 156. The molecule has 0 radical (unpaired) electrons. The Balaban J connectivity index is 2.41. The summed E-state index contributed by atoms with van der Waals surface area (Å²) in [6.45, 7) is 4.81. The molecule has 70 valence electrons. The second-order valence-corrected chi connectivity index (χ2v) is 3.06. The summed E-state index contributed by atoms with van der Waals surface area (Å²) in [5, 5.41) is 5.82. The zero-order chi connectivity index (χ0) is 8.97. The number of amides is 2. The lowest BCUT2D eigenvalue weighted by molar-refractivity contribution is 0.151. The number of hydrogen-bond acceptors (Lipinski definition) is 2. The molecule has 4 nitrogen and oxygen atoms in total. The quantitative estimate of drug-likeness (QED) is 0.628. The third-order valence-corrected chi connectivity index (χ3v) is 2.14. The molecule has 1 rings (SSSR count). The molecule has 4 heteroatoms. The average Bonchev–Trinajstić information content (AvgIpc) is 1.99. The van der Waals surface area contributed by atoms with Gasteiger partial charge >= 0.3 is 6.03 Å². The van der Waals surface area contributed by atoms with Gasteiger partial charge in [-0.25, -0.2) is 4.79 Å². The lowest BCUT2D eigenvalue weighted by Crippen LogP contribution is -2.60. The zero-order valence-corrected chi connectivity index (χ0v) is 7.76. The minimum absolute atomic E-state index is 0.0448. The first-order valence-corrected chi connectivity index (χ1v) is 4.48. The van der Waals surface area contributed by atoms with Crippen LogP contribution < -0.4 is 10.6 Å². The molecule has 1 saturated heterocycles. The highest BCUT2D eigenvalue weighted by Gasteiger charge is 2.26. The first-order valence-electron chi connectivity index (χ1n) is 4.48. The Labute approximate surface area is 73.3 Å². The Morgan fingerprint density at radius 1 is 1.67 bits per heavy atom. The summed E-state index contributed by atoms with van der Waals surface area (Å²) < 4.78 is 0. The summed E-state index contributed by atoms with van der Waals surface area (Å²) in [5.74, 6) is 0. The van der Waals surface area contributed by atoms with Crippen LogP contribution in [0, 0.1) is 0 Å². The molecule has 12 heavy (non-hydrogen) atoms. The van der Waals surface area contributed by atoms with Gasteiger partial charge in [0.25, 0.3) is 0 Å². The van der Waals surface area contributed by atoms with Crippen LogP contribution in [-0.2, 0) is 0 Å². The predicted molar refractivity (Wildman–Crippen MR) is 48.1 cm³/mol. The van der Waals surface area contributed by atoms with Crippen molar-refractivity contribution in [3.05, 3.63) is 0 Å². The summed E-state index contributed by atoms with van der Waals surface area (Å²) >= 11 is 0. The van der Waals surface area contributed by atoms with Crippen LogP contribution in [-0.4, -0.2) is 43.7 Å². The maximum absolute atomic E-state index is 11.3. The summed E-state index contributed by atoms with van der Waals surface area (Å²) in [6.07, 6.45) is 1.02. The molecule has 2 N–H and O–H groups in total. The van der Waals surface area contributed by atoms with Gasteiger partial charge in [0.1, 0.15) is 0 Å². The molecule has 2 amide bonds. The van der Waals surface area contributed by atoms with Crippen LogP contribution in [0.4, 0.5) is 4.79 Å². The van der Waals surface area contributed by atoms with Crippen molar-refractivity contribution >= 4 is 6.03 Å². The van der Waals surface area contributed by atoms with E-state index in [1.54, 1.807) is 7.05 Å². The normalized spacial score (nSPS) is 16.8. The standard InChI is InChI=1S/C8H17N3O/c1-3-4-11(8(12)9-2)7-5-10-6-7/h7,10H,3-6H2,1-2H3,(H,9,12). The highest BCUT2D eigenvalue weighted by molar-refractivity contribution is 5.74. The van der Waals surface area contributed by atoms with E-state index in [4.69, 9.17) is 0 Å². The van der Waals surface area contributed by atoms with E-state index in [0.717, 1.165) is 26.1 Å². The van der Waals surface area contributed by atoms with E-state index in [9.17, 15) is 4.79 Å². The summed E-state index contributed by atoms with van der Waals surface area (Å²) in [4.78, 5) is 13.2. The van der Waals surface area contributed by atoms with Gasteiger partial charge in [0, 0.05) is 26.7 Å². The number of carbonyl (C=O) groups is 1. The third kappa shape index (κ3) is 1.88. The van der Waals surface area contributed by atoms with E-state index in [1.165, 1.54) is 0 Å². The molecule has 0 bridgehead atoms. The number of hydrogen-bond donors (Lipinski definition) is 2. The molecule has 0 aromatic carbocycles. The minimum atomic E-state index is 0.0448. The molecule has 0 spiro atoms. The molecule has 1 fully saturated rings. The molecule has 1 heterocycles. The molecule has 0 aromatic rings. The van der Waals surface area contributed by atoms with Crippen molar-refractivity contribution in [1.82, 2.24) is 15.5 Å². The smallest absolute Gasteiger partial charge is 0.317 e. The van der Waals surface area contributed by atoms with Gasteiger partial charge in [-0.15, -0.1) is 0 Å². The molecule has 0 aliphatic carbocycles. The monoisotopic (exact) mass is 171 g/mol. The fourth-order valence-corrected chi connectivity index (χ4v) is 1.33. The number of nitrogens with zero attached hydrogens (tertiary/aromatic N) is 1. The van der Waals surface area contributed by atoms with Gasteiger partial charge in [-0.2, -0.15) is 0 Å². The van der Waals surface area contributed by atoms with Crippen LogP contribution in [0.3, 0.4) is 0 Å². The molecule has 0 aromatic heterocycles. The maximum atomic E-state index is 11.3. The fraction of sp³-hybridized carbons (Fsp3) is 0.875. The van der Waals surface area contributed by atoms with Crippen LogP contribution in [0.25, 0.3) is 0 Å². The van der Waals surface area contributed by atoms with Crippen molar-refractivity contribution in [3.8, 4) is 0 Å². The fourth-order valence-electron chi connectivity index (χ4n) is 1.33. The van der Waals surface area contributed by atoms with Crippen LogP contribution >= 0.6 is 0 Å². The second kappa shape index (κ2) is 4.30. The van der Waals surface area contributed by atoms with E-state index in [-0.39, 0.29) is 6.03 Å². The maximum Gasteiger partial charge on any atom is 0.317 e. The van der Waals surface area contributed by atoms with Crippen molar-refractivity contribution < 1.29 is 4.79 Å². The Hall–Kier alpha value is -0.770. The first-order chi connectivity index (χ1) is 5.79. The first kappa shape index (κ1) is 9.32. The van der Waals surface area contributed by atoms with Crippen LogP contribution in [0.2, 0.25) is 0 Å². The average molecular weight is 171 g/mol. The van der Waals surface area contributed by atoms with Crippen molar-refractivity contribution in [2.75, 3.05) is 26.7 Å². The molecule has 1 aliphatic heterocycles. The molecular weight excluding hydrogens is 154 g/mol. The highest BCUT2D eigenvalue weighted by Crippen LogP contribution is 2.05. The second-order valence-electron chi connectivity index (χ2n) is 3.06. The Morgan fingerprint density at radius 2 is 2.33 bits per heavy atom. The van der Waals surface area contributed by atoms with E-state index < -0.39 is 0 Å². The molecule has 1 aliphatic rings. The minimum Gasteiger partial charge on any atom is -0.341 e. The van der Waals surface area contributed by atoms with Crippen LogP contribution in [0.1, 0.15) is 13.3 Å². The van der Waals surface area contributed by atoms with Gasteiger partial charge in [0.2, 0.25) is 0 Å². The third-order valence-electron chi connectivity index (χ3n) is 2.14. The number of rotatable bonds is 3. The number of nitrogens with one attached hydrogen (secondary N) is 2. The Morgan fingerprint density at radius 3 is 2.67 bits per heavy atom. The SMILES string of the molecule is CCCN(C(=O)NC)C1CNC1. The molecule has 0 atom stereocenters. The van der Waals surface area contributed by atoms with E-state index in [2.05, 4.69) is 17.6 Å². The molecular formula is C8H17N3O. The summed E-state index contributed by atoms with van der Waals surface area (Å²) in [5.41, 5.74) is 0. The number of urea groups is 1. The van der Waals surface area contributed by atoms with Gasteiger partial charge < -0.3 is 15.5 Å². The van der Waals surface area contributed by atoms with E-state index in [1.807, 2.05) is 4.90 Å². The van der Waals surface area contributed by atoms with Crippen molar-refractivity contribution in [3.63, 3.8) is 0 Å². The van der Waals surface area contributed by atoms with E-state index >= 15 is 0 Å². The van der Waals surface area contributed by atoms with Gasteiger partial charge in [-0.1, -0.05) is 6.92 Å². The van der Waals surface area contributed by atoms with Gasteiger partial charge in [-0.05, 0) is 6.42 Å². The highest BCUT2D eigenvalue weighted by atomic mass is 16.2.